The monoisotopic (exact) mass is 546 g/mol. The molecule has 3 aromatic carbocycles. The van der Waals surface area contributed by atoms with Gasteiger partial charge in [0.25, 0.3) is 5.91 Å². The molecule has 6 rings (SSSR count). The number of halogens is 1. The van der Waals surface area contributed by atoms with Crippen LogP contribution in [0.15, 0.2) is 54.6 Å². The van der Waals surface area contributed by atoms with Crippen LogP contribution in [0.25, 0.3) is 11.1 Å². The Hall–Kier alpha value is -3.47. The highest BCUT2D eigenvalue weighted by molar-refractivity contribution is 7.92. The van der Waals surface area contributed by atoms with Gasteiger partial charge in [-0.15, -0.1) is 0 Å². The Morgan fingerprint density at radius 1 is 1.10 bits per heavy atom. The zero-order chi connectivity index (χ0) is 27.5. The van der Waals surface area contributed by atoms with E-state index in [1.807, 2.05) is 18.2 Å². The van der Waals surface area contributed by atoms with Crippen molar-refractivity contribution in [2.75, 3.05) is 24.2 Å². The van der Waals surface area contributed by atoms with Crippen molar-refractivity contribution in [2.45, 2.75) is 31.6 Å². The van der Waals surface area contributed by atoms with E-state index < -0.39 is 17.1 Å². The number of allylic oxidation sites excluding steroid dienone is 1. The molecular formula is C29H28BFN2O5S. The van der Waals surface area contributed by atoms with Gasteiger partial charge in [-0.3, -0.25) is 4.79 Å². The Morgan fingerprint density at radius 2 is 1.85 bits per heavy atom. The summed E-state index contributed by atoms with van der Waals surface area (Å²) in [5, 5.41) is 12.9. The molecule has 10 heteroatoms. The Kier molecular flexibility index (Phi) is 6.36. The number of anilines is 2. The highest BCUT2D eigenvalue weighted by Gasteiger charge is 2.36. The van der Waals surface area contributed by atoms with E-state index in [2.05, 4.69) is 5.32 Å². The number of amides is 1. The van der Waals surface area contributed by atoms with Gasteiger partial charge < -0.3 is 15.0 Å². The molecule has 39 heavy (non-hydrogen) atoms. The van der Waals surface area contributed by atoms with Gasteiger partial charge in [-0.05, 0) is 107 Å². The summed E-state index contributed by atoms with van der Waals surface area (Å²) in [4.78, 5) is 13.1. The summed E-state index contributed by atoms with van der Waals surface area (Å²) in [6.07, 6.45) is 4.03. The Bertz CT molecular complexity index is 1630. The molecule has 1 amide bonds. The number of sulfonamides is 1. The minimum Gasteiger partial charge on any atom is -0.423 e. The predicted molar refractivity (Wildman–Crippen MR) is 150 cm³/mol. The van der Waals surface area contributed by atoms with E-state index in [-0.39, 0.29) is 17.6 Å². The first-order valence-corrected chi connectivity index (χ1v) is 14.8. The van der Waals surface area contributed by atoms with Crippen molar-refractivity contribution in [3.05, 3.63) is 88.2 Å². The van der Waals surface area contributed by atoms with Gasteiger partial charge in [0.2, 0.25) is 10.0 Å². The van der Waals surface area contributed by atoms with E-state index in [9.17, 15) is 22.6 Å². The molecule has 2 aliphatic carbocycles. The molecule has 0 atom stereocenters. The number of hydrogen-bond acceptors (Lipinski definition) is 5. The van der Waals surface area contributed by atoms with E-state index in [0.717, 1.165) is 46.2 Å². The third-order valence-corrected chi connectivity index (χ3v) is 8.75. The van der Waals surface area contributed by atoms with Crippen molar-refractivity contribution < 1.29 is 27.3 Å². The van der Waals surface area contributed by atoms with Crippen LogP contribution in [0.5, 0.6) is 0 Å². The topological polar surface area (TPSA) is 95.9 Å². The number of benzene rings is 3. The molecule has 1 aliphatic heterocycles. The molecule has 1 fully saturated rings. The summed E-state index contributed by atoms with van der Waals surface area (Å²) < 4.78 is 47.0. The lowest BCUT2D eigenvalue weighted by atomic mass is 9.73. The van der Waals surface area contributed by atoms with Gasteiger partial charge in [-0.2, -0.15) is 0 Å². The summed E-state index contributed by atoms with van der Waals surface area (Å²) >= 11 is 0. The second-order valence-electron chi connectivity index (χ2n) is 10.3. The fourth-order valence-electron chi connectivity index (χ4n) is 5.70. The number of carbonyl (C=O) groups is 1. The third kappa shape index (κ3) is 4.66. The van der Waals surface area contributed by atoms with Gasteiger partial charge in [0, 0.05) is 13.7 Å². The molecule has 3 aliphatic rings. The molecule has 7 nitrogen and oxygen atoms in total. The van der Waals surface area contributed by atoms with Crippen LogP contribution in [0.3, 0.4) is 0 Å². The van der Waals surface area contributed by atoms with E-state index in [0.29, 0.717) is 41.9 Å². The SMILES string of the molecule is CNC(=O)C1=C(c2ccc(F)cc2)Cc2cc(N(c3ccc4c(c3)CCOB4O)S(C)(=O)=O)c(C3CC3)cc21. The van der Waals surface area contributed by atoms with Crippen LogP contribution in [0.4, 0.5) is 15.8 Å². The molecule has 0 radical (unpaired) electrons. The van der Waals surface area contributed by atoms with Gasteiger partial charge in [-0.1, -0.05) is 18.2 Å². The van der Waals surface area contributed by atoms with E-state index in [4.69, 9.17) is 4.65 Å². The number of likely N-dealkylation sites (N-methyl/N-ethyl adjacent to an activating group) is 1. The molecule has 0 spiro atoms. The normalized spacial score (nSPS) is 16.7. The number of hydrogen-bond donors (Lipinski definition) is 2. The first-order valence-electron chi connectivity index (χ1n) is 13.0. The molecule has 0 aromatic heterocycles. The molecule has 1 saturated carbocycles. The van der Waals surface area contributed by atoms with Crippen LogP contribution in [0, 0.1) is 5.82 Å². The lowest BCUT2D eigenvalue weighted by Gasteiger charge is -2.28. The van der Waals surface area contributed by atoms with Gasteiger partial charge in [0.05, 0.1) is 23.2 Å². The summed E-state index contributed by atoms with van der Waals surface area (Å²) in [5.41, 5.74) is 7.08. The average Bonchev–Trinajstić information content (AvgIpc) is 3.68. The molecule has 0 bridgehead atoms. The zero-order valence-corrected chi connectivity index (χ0v) is 22.5. The Balaban J connectivity index is 1.52. The zero-order valence-electron chi connectivity index (χ0n) is 21.7. The molecule has 0 unspecified atom stereocenters. The largest absolute Gasteiger partial charge is 0.491 e. The molecule has 1 heterocycles. The van der Waals surface area contributed by atoms with Crippen LogP contribution in [-0.2, 0) is 32.3 Å². The number of carbonyl (C=O) groups excluding carboxylic acids is 1. The standard InChI is InChI=1S/C29H28BFN2O5S/c1-32-29(34)28-24(18-5-7-21(31)8-6-18)14-20-15-27(23(16-25(20)28)17-3-4-17)33(39(2,36)37)22-9-10-26-19(13-22)11-12-38-30(26)35/h5-10,13,15-17,35H,3-4,11-12,14H2,1-2H3,(H,32,34). The van der Waals surface area contributed by atoms with Crippen molar-refractivity contribution in [1.29, 1.82) is 0 Å². The molecule has 0 saturated heterocycles. The molecule has 2 N–H and O–H groups in total. The van der Waals surface area contributed by atoms with E-state index >= 15 is 0 Å². The van der Waals surface area contributed by atoms with Crippen molar-refractivity contribution in [3.8, 4) is 0 Å². The van der Waals surface area contributed by atoms with Crippen molar-refractivity contribution in [3.63, 3.8) is 0 Å². The van der Waals surface area contributed by atoms with Gasteiger partial charge in [0.1, 0.15) is 5.82 Å². The van der Waals surface area contributed by atoms with Crippen LogP contribution >= 0.6 is 0 Å². The molecule has 200 valence electrons. The van der Waals surface area contributed by atoms with Crippen LogP contribution < -0.4 is 15.1 Å². The molecule has 3 aromatic rings. The summed E-state index contributed by atoms with van der Waals surface area (Å²) in [6.45, 7) is 0.350. The average molecular weight is 546 g/mol. The minimum atomic E-state index is -3.76. The first kappa shape index (κ1) is 25.8. The predicted octanol–water partition coefficient (Wildman–Crippen LogP) is 3.27. The van der Waals surface area contributed by atoms with E-state index in [1.54, 1.807) is 31.3 Å². The second kappa shape index (κ2) is 9.62. The van der Waals surface area contributed by atoms with Crippen LogP contribution in [0.1, 0.15) is 46.6 Å². The highest BCUT2D eigenvalue weighted by atomic mass is 32.2. The van der Waals surface area contributed by atoms with Crippen molar-refractivity contribution in [1.82, 2.24) is 5.32 Å². The Labute approximate surface area is 227 Å². The smallest absolute Gasteiger partial charge is 0.423 e. The fraction of sp³-hybridized carbons (Fsp3) is 0.276. The Morgan fingerprint density at radius 3 is 2.51 bits per heavy atom. The number of nitrogens with zero attached hydrogens (tertiary/aromatic N) is 1. The minimum absolute atomic E-state index is 0.184. The van der Waals surface area contributed by atoms with Crippen LogP contribution in [-0.4, -0.2) is 46.4 Å². The molecular weight excluding hydrogens is 518 g/mol. The third-order valence-electron chi connectivity index (χ3n) is 7.68. The van der Waals surface area contributed by atoms with E-state index in [1.165, 1.54) is 22.7 Å². The summed E-state index contributed by atoms with van der Waals surface area (Å²) in [6, 6.07) is 15.2. The van der Waals surface area contributed by atoms with Gasteiger partial charge in [-0.25, -0.2) is 17.1 Å². The van der Waals surface area contributed by atoms with Crippen LogP contribution in [0.2, 0.25) is 0 Å². The lowest BCUT2D eigenvalue weighted by Crippen LogP contribution is -2.41. The number of rotatable bonds is 6. The first-order chi connectivity index (χ1) is 18.7. The lowest BCUT2D eigenvalue weighted by molar-refractivity contribution is -0.115. The maximum Gasteiger partial charge on any atom is 0.491 e. The van der Waals surface area contributed by atoms with Crippen molar-refractivity contribution >= 4 is 51.0 Å². The maximum absolute atomic E-state index is 13.7. The quantitative estimate of drug-likeness (QED) is 0.463. The second-order valence-corrected chi connectivity index (χ2v) is 12.2. The highest BCUT2D eigenvalue weighted by Crippen LogP contribution is 2.50. The van der Waals surface area contributed by atoms with Gasteiger partial charge >= 0.3 is 7.12 Å². The summed E-state index contributed by atoms with van der Waals surface area (Å²) in [5.74, 6) is -0.413. The van der Waals surface area contributed by atoms with Gasteiger partial charge in [0.15, 0.2) is 0 Å². The van der Waals surface area contributed by atoms with Crippen molar-refractivity contribution in [2.24, 2.45) is 0 Å². The fourth-order valence-corrected chi connectivity index (χ4v) is 6.72. The summed E-state index contributed by atoms with van der Waals surface area (Å²) in [7, 11) is -3.21. The number of nitrogens with one attached hydrogen (secondary N) is 1. The number of fused-ring (bicyclic) bond motifs is 2. The maximum atomic E-state index is 13.7.